The van der Waals surface area contributed by atoms with Crippen molar-refractivity contribution < 1.29 is 25.2 Å². The number of aliphatic hydroxyl groups excluding tert-OH is 4. The summed E-state index contributed by atoms with van der Waals surface area (Å²) in [6, 6.07) is -0.979. The van der Waals surface area contributed by atoms with Crippen LogP contribution in [0.25, 0.3) is 0 Å². The first-order chi connectivity index (χ1) is 28.5. The number of carbonyl (C=O) groups is 1. The van der Waals surface area contributed by atoms with E-state index in [1.54, 1.807) is 0 Å². The Morgan fingerprint density at radius 2 is 0.586 bits per heavy atom. The molecule has 0 aliphatic heterocycles. The van der Waals surface area contributed by atoms with E-state index in [2.05, 4.69) is 19.2 Å². The third-order valence-electron chi connectivity index (χ3n) is 12.8. The summed E-state index contributed by atoms with van der Waals surface area (Å²) in [5.41, 5.74) is 0. The van der Waals surface area contributed by atoms with Crippen molar-refractivity contribution in [2.24, 2.45) is 0 Å². The molecule has 0 aromatic rings. The molecule has 0 rings (SSSR count). The second kappa shape index (κ2) is 47.4. The number of carbonyl (C=O) groups excluding carboxylic acids is 1. The topological polar surface area (TPSA) is 110 Å². The largest absolute Gasteiger partial charge is 0.394 e. The summed E-state index contributed by atoms with van der Waals surface area (Å²) in [5.74, 6) is -0.577. The van der Waals surface area contributed by atoms with Crippen molar-refractivity contribution in [3.63, 3.8) is 0 Å². The van der Waals surface area contributed by atoms with Gasteiger partial charge in [-0.05, 0) is 12.8 Å². The van der Waals surface area contributed by atoms with Gasteiger partial charge in [0, 0.05) is 0 Å². The van der Waals surface area contributed by atoms with E-state index in [0.717, 1.165) is 38.5 Å². The van der Waals surface area contributed by atoms with E-state index in [1.807, 2.05) is 0 Å². The summed E-state index contributed by atoms with van der Waals surface area (Å²) in [4.78, 5) is 12.5. The van der Waals surface area contributed by atoms with Gasteiger partial charge in [-0.3, -0.25) is 4.79 Å². The number of nitrogens with one attached hydrogen (secondary N) is 1. The molecule has 0 aromatic carbocycles. The van der Waals surface area contributed by atoms with Crippen LogP contribution in [-0.2, 0) is 4.79 Å². The minimum Gasteiger partial charge on any atom is -0.394 e. The van der Waals surface area contributed by atoms with Crippen molar-refractivity contribution in [1.82, 2.24) is 5.32 Å². The van der Waals surface area contributed by atoms with E-state index in [9.17, 15) is 25.2 Å². The molecule has 5 N–H and O–H groups in total. The van der Waals surface area contributed by atoms with E-state index in [4.69, 9.17) is 0 Å². The van der Waals surface area contributed by atoms with Gasteiger partial charge in [0.2, 0.25) is 5.91 Å². The van der Waals surface area contributed by atoms with E-state index < -0.39 is 36.9 Å². The average molecular weight is 824 g/mol. The third kappa shape index (κ3) is 40.7. The van der Waals surface area contributed by atoms with Gasteiger partial charge in [-0.1, -0.05) is 284 Å². The fourth-order valence-electron chi connectivity index (χ4n) is 8.64. The fourth-order valence-corrected chi connectivity index (χ4v) is 8.64. The van der Waals surface area contributed by atoms with E-state index in [0.29, 0.717) is 12.8 Å². The summed E-state index contributed by atoms with van der Waals surface area (Å²) in [5, 5.41) is 43.8. The van der Waals surface area contributed by atoms with Crippen LogP contribution in [-0.4, -0.2) is 57.3 Å². The smallest absolute Gasteiger partial charge is 0.249 e. The highest BCUT2D eigenvalue weighted by Gasteiger charge is 2.28. The molecule has 0 heterocycles. The Kier molecular flexibility index (Phi) is 46.8. The quantitative estimate of drug-likeness (QED) is 0.0393. The first kappa shape index (κ1) is 57.3. The van der Waals surface area contributed by atoms with Crippen molar-refractivity contribution in [3.8, 4) is 0 Å². The molecule has 0 aliphatic carbocycles. The predicted molar refractivity (Wildman–Crippen MR) is 252 cm³/mol. The maximum atomic E-state index is 12.5. The van der Waals surface area contributed by atoms with Gasteiger partial charge >= 0.3 is 0 Å². The molecule has 1 amide bonds. The first-order valence-corrected chi connectivity index (χ1v) is 26.4. The zero-order valence-corrected chi connectivity index (χ0v) is 39.3. The van der Waals surface area contributed by atoms with E-state index >= 15 is 0 Å². The Bertz CT molecular complexity index is 796. The van der Waals surface area contributed by atoms with E-state index in [1.165, 1.54) is 231 Å². The molecule has 6 nitrogen and oxygen atoms in total. The van der Waals surface area contributed by atoms with Crippen molar-refractivity contribution >= 4 is 5.91 Å². The Balaban J connectivity index is 3.54. The van der Waals surface area contributed by atoms with Crippen molar-refractivity contribution in [2.75, 3.05) is 6.61 Å². The summed E-state index contributed by atoms with van der Waals surface area (Å²) < 4.78 is 0. The number of rotatable bonds is 49. The Morgan fingerprint density at radius 1 is 0.362 bits per heavy atom. The monoisotopic (exact) mass is 824 g/mol. The molecular weight excluding hydrogens is 719 g/mol. The molecule has 0 aliphatic rings. The zero-order chi connectivity index (χ0) is 42.4. The van der Waals surface area contributed by atoms with E-state index in [-0.39, 0.29) is 0 Å². The fraction of sp³-hybridized carbons (Fsp3) is 0.981. The lowest BCUT2D eigenvalue weighted by Gasteiger charge is -2.27. The minimum atomic E-state index is -1.25. The van der Waals surface area contributed by atoms with Crippen LogP contribution in [0.3, 0.4) is 0 Å². The van der Waals surface area contributed by atoms with Crippen molar-refractivity contribution in [3.05, 3.63) is 0 Å². The molecule has 58 heavy (non-hydrogen) atoms. The predicted octanol–water partition coefficient (Wildman–Crippen LogP) is 14.8. The minimum absolute atomic E-state index is 0.376. The van der Waals surface area contributed by atoms with Gasteiger partial charge in [0.25, 0.3) is 0 Å². The van der Waals surface area contributed by atoms with Crippen LogP contribution in [0.15, 0.2) is 0 Å². The number of unbranched alkanes of at least 4 members (excludes halogenated alkanes) is 40. The van der Waals surface area contributed by atoms with Crippen LogP contribution in [0.4, 0.5) is 0 Å². The highest BCUT2D eigenvalue weighted by atomic mass is 16.3. The molecule has 4 atom stereocenters. The Morgan fingerprint density at radius 3 is 0.828 bits per heavy atom. The lowest BCUT2D eigenvalue weighted by molar-refractivity contribution is -0.132. The van der Waals surface area contributed by atoms with Crippen LogP contribution >= 0.6 is 0 Å². The molecule has 348 valence electrons. The molecule has 0 radical (unpaired) electrons. The van der Waals surface area contributed by atoms with Gasteiger partial charge in [0.1, 0.15) is 12.2 Å². The molecule has 0 spiro atoms. The molecule has 0 aromatic heterocycles. The van der Waals surface area contributed by atoms with Crippen molar-refractivity contribution in [1.29, 1.82) is 0 Å². The summed E-state index contributed by atoms with van der Waals surface area (Å²) in [7, 11) is 0. The van der Waals surface area contributed by atoms with Gasteiger partial charge in [0.15, 0.2) is 0 Å². The lowest BCUT2D eigenvalue weighted by Crippen LogP contribution is -2.53. The third-order valence-corrected chi connectivity index (χ3v) is 12.8. The summed E-state index contributed by atoms with van der Waals surface area (Å²) >= 11 is 0. The molecule has 0 fully saturated rings. The van der Waals surface area contributed by atoms with Crippen molar-refractivity contribution in [2.45, 2.75) is 321 Å². The lowest BCUT2D eigenvalue weighted by atomic mass is 9.99. The normalized spacial score (nSPS) is 13.8. The highest BCUT2D eigenvalue weighted by Crippen LogP contribution is 2.18. The average Bonchev–Trinajstić information content (AvgIpc) is 3.23. The molecular formula is C52H105NO5. The van der Waals surface area contributed by atoms with Crippen LogP contribution in [0, 0.1) is 0 Å². The Labute approximate surface area is 362 Å². The van der Waals surface area contributed by atoms with Gasteiger partial charge in [-0.25, -0.2) is 0 Å². The number of aliphatic hydroxyl groups is 4. The SMILES string of the molecule is CCCCCCCCCCCCCCCCCCCCCCCCCCCCCCCC(O)C(=O)NC(CO)C(O)C(O)CCCCCCCCCCCCCCC. The molecule has 0 saturated carbocycles. The van der Waals surface area contributed by atoms with Gasteiger partial charge in [-0.2, -0.15) is 0 Å². The zero-order valence-electron chi connectivity index (χ0n) is 39.3. The second-order valence-electron chi connectivity index (χ2n) is 18.6. The van der Waals surface area contributed by atoms with Gasteiger partial charge in [-0.15, -0.1) is 0 Å². The maximum absolute atomic E-state index is 12.5. The highest BCUT2D eigenvalue weighted by molar-refractivity contribution is 5.80. The van der Waals surface area contributed by atoms with Crippen LogP contribution in [0.2, 0.25) is 0 Å². The van der Waals surface area contributed by atoms with Gasteiger partial charge < -0.3 is 25.7 Å². The first-order valence-electron chi connectivity index (χ1n) is 26.4. The number of amides is 1. The number of hydrogen-bond donors (Lipinski definition) is 5. The standard InChI is InChI=1S/C52H105NO5/c1-3-5-7-9-11-13-15-17-18-19-20-21-22-23-24-25-26-27-28-29-30-31-32-34-36-38-40-42-44-46-50(56)52(58)53-48(47-54)51(57)49(55)45-43-41-39-37-35-33-16-14-12-10-8-6-4-2/h48-51,54-57H,3-47H2,1-2H3,(H,53,58). The summed E-state index contributed by atoms with van der Waals surface area (Å²) in [6.07, 6.45) is 53.1. The van der Waals surface area contributed by atoms with Crippen LogP contribution in [0.5, 0.6) is 0 Å². The molecule has 0 bridgehead atoms. The van der Waals surface area contributed by atoms with Crippen LogP contribution in [0.1, 0.15) is 296 Å². The summed E-state index contributed by atoms with van der Waals surface area (Å²) in [6.45, 7) is 4.08. The van der Waals surface area contributed by atoms with Gasteiger partial charge in [0.05, 0.1) is 18.8 Å². The molecule has 0 saturated heterocycles. The second-order valence-corrected chi connectivity index (χ2v) is 18.6. The van der Waals surface area contributed by atoms with Crippen LogP contribution < -0.4 is 5.32 Å². The number of hydrogen-bond acceptors (Lipinski definition) is 5. The molecule has 6 heteroatoms. The molecule has 4 unspecified atom stereocenters. The Hall–Kier alpha value is -0.690. The maximum Gasteiger partial charge on any atom is 0.249 e.